The fourth-order valence-electron chi connectivity index (χ4n) is 2.67. The molecule has 0 aliphatic carbocycles. The zero-order valence-electron chi connectivity index (χ0n) is 15.5. The number of amides is 1. The molecule has 1 amide bonds. The van der Waals surface area contributed by atoms with Gasteiger partial charge in [-0.25, -0.2) is 8.42 Å². The van der Waals surface area contributed by atoms with E-state index in [-0.39, 0.29) is 6.54 Å². The van der Waals surface area contributed by atoms with Gasteiger partial charge < -0.3 is 10.1 Å². The summed E-state index contributed by atoms with van der Waals surface area (Å²) < 4.78 is 31.0. The van der Waals surface area contributed by atoms with Gasteiger partial charge in [0.05, 0.1) is 18.6 Å². The van der Waals surface area contributed by atoms with Gasteiger partial charge in [-0.15, -0.1) is 0 Å². The van der Waals surface area contributed by atoms with E-state index >= 15 is 0 Å². The third-order valence-electron chi connectivity index (χ3n) is 3.83. The average molecular weight is 411 g/mol. The highest BCUT2D eigenvalue weighted by atomic mass is 35.5. The summed E-state index contributed by atoms with van der Waals surface area (Å²) in [5.74, 6) is 0.302. The van der Waals surface area contributed by atoms with Gasteiger partial charge in [-0.2, -0.15) is 0 Å². The van der Waals surface area contributed by atoms with Crippen molar-refractivity contribution in [1.82, 2.24) is 5.32 Å². The molecule has 1 atom stereocenters. The van der Waals surface area contributed by atoms with Crippen LogP contribution in [-0.2, 0) is 21.4 Å². The summed E-state index contributed by atoms with van der Waals surface area (Å²) in [4.78, 5) is 12.6. The maximum Gasteiger partial charge on any atom is 0.243 e. The Morgan fingerprint density at radius 2 is 1.93 bits per heavy atom. The van der Waals surface area contributed by atoms with Gasteiger partial charge in [0.2, 0.25) is 15.9 Å². The number of sulfonamides is 1. The van der Waals surface area contributed by atoms with Crippen LogP contribution in [0.2, 0.25) is 5.02 Å². The minimum Gasteiger partial charge on any atom is -0.494 e. The molecule has 0 aromatic heterocycles. The van der Waals surface area contributed by atoms with Crippen LogP contribution < -0.4 is 14.4 Å². The number of hydrogen-bond donors (Lipinski definition) is 1. The summed E-state index contributed by atoms with van der Waals surface area (Å²) in [5.41, 5.74) is 1.20. The van der Waals surface area contributed by atoms with E-state index in [0.29, 0.717) is 23.1 Å². The highest BCUT2D eigenvalue weighted by Crippen LogP contribution is 2.24. The zero-order valence-corrected chi connectivity index (χ0v) is 17.0. The first-order valence-corrected chi connectivity index (χ1v) is 10.7. The van der Waals surface area contributed by atoms with Crippen LogP contribution in [0.25, 0.3) is 0 Å². The first kappa shape index (κ1) is 21.1. The molecule has 146 valence electrons. The highest BCUT2D eigenvalue weighted by Gasteiger charge is 2.29. The minimum atomic E-state index is -3.68. The Balaban J connectivity index is 2.14. The normalized spacial score (nSPS) is 12.3. The second-order valence-electron chi connectivity index (χ2n) is 6.01. The van der Waals surface area contributed by atoms with E-state index in [4.69, 9.17) is 16.3 Å². The van der Waals surface area contributed by atoms with Crippen LogP contribution in [0.3, 0.4) is 0 Å². The minimum absolute atomic E-state index is 0.261. The Morgan fingerprint density at radius 3 is 2.56 bits per heavy atom. The number of hydrogen-bond acceptors (Lipinski definition) is 4. The molecule has 27 heavy (non-hydrogen) atoms. The van der Waals surface area contributed by atoms with Gasteiger partial charge in [0.15, 0.2) is 0 Å². The van der Waals surface area contributed by atoms with Crippen LogP contribution >= 0.6 is 11.6 Å². The maximum absolute atomic E-state index is 12.6. The molecule has 0 bridgehead atoms. The average Bonchev–Trinajstić information content (AvgIpc) is 2.59. The van der Waals surface area contributed by atoms with E-state index < -0.39 is 22.0 Å². The molecular weight excluding hydrogens is 388 g/mol. The Bertz CT molecular complexity index is 902. The van der Waals surface area contributed by atoms with Gasteiger partial charge >= 0.3 is 0 Å². The second kappa shape index (κ2) is 9.10. The van der Waals surface area contributed by atoms with E-state index in [1.807, 2.05) is 31.2 Å². The van der Waals surface area contributed by atoms with Crippen molar-refractivity contribution in [3.63, 3.8) is 0 Å². The quantitative estimate of drug-likeness (QED) is 0.725. The molecule has 0 heterocycles. The molecule has 0 aliphatic rings. The summed E-state index contributed by atoms with van der Waals surface area (Å²) in [6.45, 7) is 4.24. The number of halogens is 1. The largest absolute Gasteiger partial charge is 0.494 e. The van der Waals surface area contributed by atoms with Crippen molar-refractivity contribution in [2.24, 2.45) is 0 Å². The Kier molecular flexibility index (Phi) is 7.10. The molecule has 1 N–H and O–H groups in total. The molecule has 0 saturated carbocycles. The van der Waals surface area contributed by atoms with Crippen molar-refractivity contribution >= 4 is 33.2 Å². The van der Waals surface area contributed by atoms with Crippen molar-refractivity contribution in [3.8, 4) is 5.75 Å². The van der Waals surface area contributed by atoms with Gasteiger partial charge in [-0.3, -0.25) is 9.10 Å². The van der Waals surface area contributed by atoms with Gasteiger partial charge in [0.1, 0.15) is 11.8 Å². The van der Waals surface area contributed by atoms with E-state index in [1.54, 1.807) is 18.2 Å². The van der Waals surface area contributed by atoms with Gasteiger partial charge in [-0.05, 0) is 49.7 Å². The van der Waals surface area contributed by atoms with Gasteiger partial charge in [-0.1, -0.05) is 29.8 Å². The number of benzene rings is 2. The van der Waals surface area contributed by atoms with Crippen molar-refractivity contribution in [2.75, 3.05) is 17.2 Å². The molecule has 8 heteroatoms. The molecule has 2 aromatic rings. The highest BCUT2D eigenvalue weighted by molar-refractivity contribution is 7.92. The Hall–Kier alpha value is -2.25. The number of carbonyl (C=O) groups is 1. The molecule has 2 rings (SSSR count). The summed E-state index contributed by atoms with van der Waals surface area (Å²) in [5, 5.41) is 3.16. The fraction of sp³-hybridized carbons (Fsp3) is 0.316. The topological polar surface area (TPSA) is 75.7 Å². The molecule has 0 spiro atoms. The molecule has 0 aliphatic heterocycles. The molecule has 0 unspecified atom stereocenters. The maximum atomic E-state index is 12.6. The van der Waals surface area contributed by atoms with Crippen LogP contribution in [0.15, 0.2) is 48.5 Å². The number of rotatable bonds is 8. The summed E-state index contributed by atoms with van der Waals surface area (Å²) in [7, 11) is -3.68. The summed E-state index contributed by atoms with van der Waals surface area (Å²) in [6, 6.07) is 12.8. The van der Waals surface area contributed by atoms with Crippen LogP contribution in [-0.4, -0.2) is 33.2 Å². The molecular formula is C19H23ClN2O4S. The van der Waals surface area contributed by atoms with E-state index in [2.05, 4.69) is 5.32 Å². The van der Waals surface area contributed by atoms with E-state index in [0.717, 1.165) is 16.1 Å². The summed E-state index contributed by atoms with van der Waals surface area (Å²) >= 11 is 5.97. The van der Waals surface area contributed by atoms with Crippen molar-refractivity contribution in [1.29, 1.82) is 0 Å². The smallest absolute Gasteiger partial charge is 0.243 e. The molecule has 6 nitrogen and oxygen atoms in total. The lowest BCUT2D eigenvalue weighted by Crippen LogP contribution is -2.47. The zero-order chi connectivity index (χ0) is 20.0. The van der Waals surface area contributed by atoms with Gasteiger partial charge in [0, 0.05) is 11.6 Å². The SMILES string of the molecule is CCOc1cccc(CNC(=O)[C@@H](C)N(c2cccc(Cl)c2)S(C)(=O)=O)c1. The summed E-state index contributed by atoms with van der Waals surface area (Å²) in [6.07, 6.45) is 1.06. The first-order chi connectivity index (χ1) is 12.7. The molecule has 0 radical (unpaired) electrons. The van der Waals surface area contributed by atoms with E-state index in [9.17, 15) is 13.2 Å². The lowest BCUT2D eigenvalue weighted by atomic mass is 10.2. The van der Waals surface area contributed by atoms with Crippen molar-refractivity contribution < 1.29 is 17.9 Å². The lowest BCUT2D eigenvalue weighted by molar-refractivity contribution is -0.122. The predicted octanol–water partition coefficient (Wildman–Crippen LogP) is 3.21. The number of carbonyl (C=O) groups excluding carboxylic acids is 1. The number of anilines is 1. The second-order valence-corrected chi connectivity index (χ2v) is 8.31. The fourth-order valence-corrected chi connectivity index (χ4v) is 4.02. The predicted molar refractivity (Wildman–Crippen MR) is 108 cm³/mol. The third kappa shape index (κ3) is 5.87. The third-order valence-corrected chi connectivity index (χ3v) is 5.30. The number of nitrogens with one attached hydrogen (secondary N) is 1. The lowest BCUT2D eigenvalue weighted by Gasteiger charge is -2.28. The molecule has 2 aromatic carbocycles. The van der Waals surface area contributed by atoms with Crippen LogP contribution in [0.4, 0.5) is 5.69 Å². The van der Waals surface area contributed by atoms with Crippen molar-refractivity contribution in [2.45, 2.75) is 26.4 Å². The van der Waals surface area contributed by atoms with Crippen LogP contribution in [0.5, 0.6) is 5.75 Å². The standard InChI is InChI=1S/C19H23ClN2O4S/c1-4-26-18-10-5-7-15(11-18)13-21-19(23)14(2)22(27(3,24)25)17-9-6-8-16(20)12-17/h5-12,14H,4,13H2,1-3H3,(H,21,23)/t14-/m1/s1. The Morgan fingerprint density at radius 1 is 1.22 bits per heavy atom. The number of ether oxygens (including phenoxy) is 1. The Labute approximate surface area is 165 Å². The van der Waals surface area contributed by atoms with E-state index in [1.165, 1.54) is 13.0 Å². The first-order valence-electron chi connectivity index (χ1n) is 8.46. The van der Waals surface area contributed by atoms with Gasteiger partial charge in [0.25, 0.3) is 0 Å². The molecule has 0 saturated heterocycles. The monoisotopic (exact) mass is 410 g/mol. The van der Waals surface area contributed by atoms with Crippen LogP contribution in [0.1, 0.15) is 19.4 Å². The number of nitrogens with zero attached hydrogens (tertiary/aromatic N) is 1. The van der Waals surface area contributed by atoms with Crippen LogP contribution in [0, 0.1) is 0 Å². The van der Waals surface area contributed by atoms with Crippen molar-refractivity contribution in [3.05, 3.63) is 59.1 Å². The molecule has 0 fully saturated rings.